The molecule has 0 radical (unpaired) electrons. The van der Waals surface area contributed by atoms with E-state index in [4.69, 9.17) is 0 Å². The first-order chi connectivity index (χ1) is 14.8. The maximum atomic E-state index is 2.58. The molecule has 0 saturated carbocycles. The molecule has 0 bridgehead atoms. The first kappa shape index (κ1) is 28.2. The quantitative estimate of drug-likeness (QED) is 0.191. The van der Waals surface area contributed by atoms with Gasteiger partial charge in [-0.05, 0) is 37.8 Å². The Balaban J connectivity index is 0.00000480. The van der Waals surface area contributed by atoms with Gasteiger partial charge in [0.05, 0.1) is 13.1 Å². The molecule has 0 atom stereocenters. The van der Waals surface area contributed by atoms with E-state index in [-0.39, 0.29) is 17.0 Å². The van der Waals surface area contributed by atoms with E-state index in [2.05, 4.69) is 54.2 Å². The van der Waals surface area contributed by atoms with Crippen LogP contribution in [0.25, 0.3) is 11.0 Å². The molecule has 0 aliphatic rings. The van der Waals surface area contributed by atoms with Crippen LogP contribution in [0.1, 0.15) is 122 Å². The Bertz CT molecular complexity index is 635. The molecule has 2 nitrogen and oxygen atoms in total. The van der Waals surface area contributed by atoms with E-state index in [9.17, 15) is 0 Å². The molecule has 0 fully saturated rings. The fourth-order valence-corrected chi connectivity index (χ4v) is 4.79. The lowest BCUT2D eigenvalue weighted by molar-refractivity contribution is -0.678. The zero-order valence-electron chi connectivity index (χ0n) is 20.8. The van der Waals surface area contributed by atoms with Crippen molar-refractivity contribution in [2.75, 3.05) is 0 Å². The first-order valence-corrected chi connectivity index (χ1v) is 13.3. The van der Waals surface area contributed by atoms with Gasteiger partial charge in [0.2, 0.25) is 0 Å². The molecule has 0 N–H and O–H groups in total. The number of hydrogen-bond acceptors (Lipinski definition) is 0. The smallest absolute Gasteiger partial charge is 0.254 e. The fourth-order valence-electron chi connectivity index (χ4n) is 4.79. The predicted octanol–water partition coefficient (Wildman–Crippen LogP) is 5.52. The van der Waals surface area contributed by atoms with E-state index in [0.29, 0.717) is 0 Å². The Kier molecular flexibility index (Phi) is 16.1. The third-order valence-corrected chi connectivity index (χ3v) is 6.72. The number of para-hydroxylation sites is 2. The number of fused-ring (bicyclic) bond motifs is 1. The number of aromatic nitrogens is 2. The summed E-state index contributed by atoms with van der Waals surface area (Å²) in [5.74, 6) is 1.45. The van der Waals surface area contributed by atoms with Crippen molar-refractivity contribution in [3.8, 4) is 0 Å². The number of halogens is 1. The summed E-state index contributed by atoms with van der Waals surface area (Å²) in [6, 6.07) is 9.04. The van der Waals surface area contributed by atoms with Crippen molar-refractivity contribution in [3.05, 3.63) is 30.1 Å². The third-order valence-electron chi connectivity index (χ3n) is 6.72. The standard InChI is InChI=1S/C28H49N2.BrH/c1-4-6-8-10-12-14-16-20-24-29-26(3)30(28-23-19-18-22-27(28)29)25-21-17-15-13-11-9-7-5-2;/h18-19,22-23H,4-17,20-21,24-25H2,1-3H3;1H/q+1;/p-1. The summed E-state index contributed by atoms with van der Waals surface area (Å²) in [6.45, 7) is 9.27. The van der Waals surface area contributed by atoms with Crippen molar-refractivity contribution >= 4 is 11.0 Å². The molecule has 2 aromatic rings. The number of hydrogen-bond donors (Lipinski definition) is 0. The van der Waals surface area contributed by atoms with E-state index in [0.717, 1.165) is 0 Å². The molecule has 0 amide bonds. The second kappa shape index (κ2) is 17.7. The van der Waals surface area contributed by atoms with Crippen molar-refractivity contribution in [1.82, 2.24) is 4.57 Å². The highest BCUT2D eigenvalue weighted by Crippen LogP contribution is 2.17. The Morgan fingerprint density at radius 3 is 1.71 bits per heavy atom. The van der Waals surface area contributed by atoms with Crippen LogP contribution in [-0.4, -0.2) is 4.57 Å². The molecule has 0 aliphatic heterocycles. The summed E-state index contributed by atoms with van der Waals surface area (Å²) in [5.41, 5.74) is 2.86. The topological polar surface area (TPSA) is 8.81 Å². The van der Waals surface area contributed by atoms with E-state index in [1.807, 2.05) is 0 Å². The van der Waals surface area contributed by atoms with Gasteiger partial charge in [-0.3, -0.25) is 0 Å². The van der Waals surface area contributed by atoms with Crippen LogP contribution < -0.4 is 21.5 Å². The summed E-state index contributed by atoms with van der Waals surface area (Å²) in [5, 5.41) is 0. The summed E-state index contributed by atoms with van der Waals surface area (Å²) in [4.78, 5) is 0. The average molecular weight is 494 g/mol. The van der Waals surface area contributed by atoms with Gasteiger partial charge in [0.15, 0.2) is 11.0 Å². The molecule has 1 aromatic heterocycles. The van der Waals surface area contributed by atoms with Gasteiger partial charge in [-0.2, -0.15) is 0 Å². The lowest BCUT2D eigenvalue weighted by atomic mass is 10.1. The van der Waals surface area contributed by atoms with Crippen LogP contribution in [-0.2, 0) is 13.1 Å². The molecule has 178 valence electrons. The van der Waals surface area contributed by atoms with Crippen molar-refractivity contribution in [1.29, 1.82) is 0 Å². The molecule has 31 heavy (non-hydrogen) atoms. The average Bonchev–Trinajstić information content (AvgIpc) is 3.03. The molecule has 1 aromatic carbocycles. The zero-order valence-corrected chi connectivity index (χ0v) is 22.4. The highest BCUT2D eigenvalue weighted by atomic mass is 79.9. The highest BCUT2D eigenvalue weighted by Gasteiger charge is 2.20. The number of imidazole rings is 1. The monoisotopic (exact) mass is 492 g/mol. The molecule has 1 heterocycles. The van der Waals surface area contributed by atoms with Gasteiger partial charge >= 0.3 is 0 Å². The van der Waals surface area contributed by atoms with Crippen LogP contribution in [0.15, 0.2) is 24.3 Å². The lowest BCUT2D eigenvalue weighted by Gasteiger charge is -2.04. The first-order valence-electron chi connectivity index (χ1n) is 13.3. The molecule has 3 heteroatoms. The molecule has 0 unspecified atom stereocenters. The summed E-state index contributed by atoms with van der Waals surface area (Å²) in [6.07, 6.45) is 22.2. The van der Waals surface area contributed by atoms with E-state index < -0.39 is 0 Å². The van der Waals surface area contributed by atoms with Crippen LogP contribution >= 0.6 is 0 Å². The van der Waals surface area contributed by atoms with Crippen LogP contribution in [0.3, 0.4) is 0 Å². The third kappa shape index (κ3) is 10.1. The van der Waals surface area contributed by atoms with Crippen molar-refractivity contribution in [2.24, 2.45) is 0 Å². The molecular formula is C28H49BrN2. The van der Waals surface area contributed by atoms with Crippen LogP contribution in [0.2, 0.25) is 0 Å². The minimum Gasteiger partial charge on any atom is -1.00 e. The zero-order chi connectivity index (χ0) is 21.4. The summed E-state index contributed by atoms with van der Waals surface area (Å²) >= 11 is 0. The largest absolute Gasteiger partial charge is 1.00 e. The van der Waals surface area contributed by atoms with E-state index >= 15 is 0 Å². The lowest BCUT2D eigenvalue weighted by Crippen LogP contribution is -3.00. The summed E-state index contributed by atoms with van der Waals surface area (Å²) < 4.78 is 5.16. The van der Waals surface area contributed by atoms with Gasteiger partial charge in [-0.15, -0.1) is 0 Å². The second-order valence-electron chi connectivity index (χ2n) is 9.29. The minimum atomic E-state index is 0. The van der Waals surface area contributed by atoms with Gasteiger partial charge in [0.1, 0.15) is 0 Å². The van der Waals surface area contributed by atoms with Crippen molar-refractivity contribution in [2.45, 2.75) is 137 Å². The van der Waals surface area contributed by atoms with Gasteiger partial charge in [-0.25, -0.2) is 9.13 Å². The maximum absolute atomic E-state index is 2.58. The SMILES string of the molecule is CCCCCCCCCCn1c(C)[n+](CCCCCCCCCC)c2ccccc21.[Br-]. The molecule has 2 rings (SSSR count). The number of unbranched alkanes of at least 4 members (excludes halogenated alkanes) is 14. The Labute approximate surface area is 203 Å². The maximum Gasteiger partial charge on any atom is 0.254 e. The number of aryl methyl sites for hydroxylation is 2. The van der Waals surface area contributed by atoms with Gasteiger partial charge in [0, 0.05) is 6.92 Å². The minimum absolute atomic E-state index is 0. The summed E-state index contributed by atoms with van der Waals surface area (Å²) in [7, 11) is 0. The fraction of sp³-hybridized carbons (Fsp3) is 0.750. The Morgan fingerprint density at radius 1 is 0.645 bits per heavy atom. The molecular weight excluding hydrogens is 444 g/mol. The van der Waals surface area contributed by atoms with Gasteiger partial charge in [0.25, 0.3) is 5.82 Å². The Morgan fingerprint density at radius 2 is 1.13 bits per heavy atom. The van der Waals surface area contributed by atoms with Crippen LogP contribution in [0, 0.1) is 6.92 Å². The van der Waals surface area contributed by atoms with Gasteiger partial charge in [-0.1, -0.05) is 103 Å². The Hall–Kier alpha value is -0.830. The highest BCUT2D eigenvalue weighted by molar-refractivity contribution is 5.72. The van der Waals surface area contributed by atoms with Crippen LogP contribution in [0.5, 0.6) is 0 Å². The van der Waals surface area contributed by atoms with Gasteiger partial charge < -0.3 is 17.0 Å². The normalized spacial score (nSPS) is 11.2. The predicted molar refractivity (Wildman–Crippen MR) is 132 cm³/mol. The van der Waals surface area contributed by atoms with E-state index in [1.54, 1.807) is 0 Å². The molecule has 0 saturated heterocycles. The van der Waals surface area contributed by atoms with Crippen molar-refractivity contribution < 1.29 is 21.5 Å². The number of nitrogens with zero attached hydrogens (tertiary/aromatic N) is 2. The molecule has 0 spiro atoms. The van der Waals surface area contributed by atoms with E-state index in [1.165, 1.54) is 133 Å². The number of rotatable bonds is 18. The second-order valence-corrected chi connectivity index (χ2v) is 9.29. The molecule has 0 aliphatic carbocycles. The van der Waals surface area contributed by atoms with Crippen molar-refractivity contribution in [3.63, 3.8) is 0 Å². The number of benzene rings is 1. The van der Waals surface area contributed by atoms with Crippen LogP contribution in [0.4, 0.5) is 0 Å².